The second-order valence-electron chi connectivity index (χ2n) is 2.49. The van der Waals surface area contributed by atoms with E-state index < -0.39 is 0 Å². The van der Waals surface area contributed by atoms with E-state index in [0.717, 1.165) is 4.47 Å². The van der Waals surface area contributed by atoms with Gasteiger partial charge in [0.15, 0.2) is 0 Å². The normalized spacial score (nSPS) is 10.1. The fourth-order valence-electron chi connectivity index (χ4n) is 0.945. The lowest BCUT2D eigenvalue weighted by Gasteiger charge is -2.00. The average molecular weight is 254 g/mol. The first-order valence-corrected chi connectivity index (χ1v) is 4.70. The molecule has 0 unspecified atom stereocenters. The molecule has 1 aromatic carbocycles. The van der Waals surface area contributed by atoms with Crippen LogP contribution in [0.15, 0.2) is 33.9 Å². The Balaban J connectivity index is 2.85. The topological polar surface area (TPSA) is 69.0 Å². The number of hydrogen-bond donors (Lipinski definition) is 1. The highest BCUT2D eigenvalue weighted by atomic mass is 79.9. The van der Waals surface area contributed by atoms with E-state index >= 15 is 0 Å². The van der Waals surface area contributed by atoms with Gasteiger partial charge in [-0.2, -0.15) is 0 Å². The predicted octanol–water partition coefficient (Wildman–Crippen LogP) is 3.48. The van der Waals surface area contributed by atoms with Crippen molar-refractivity contribution in [2.45, 2.75) is 0 Å². The molecule has 0 aliphatic carbocycles. The maximum atomic E-state index is 9.46. The number of aromatic hydroxyl groups is 1. The van der Waals surface area contributed by atoms with E-state index in [-0.39, 0.29) is 12.3 Å². The molecule has 4 nitrogen and oxygen atoms in total. The zero-order chi connectivity index (χ0) is 10.4. The van der Waals surface area contributed by atoms with Crippen LogP contribution >= 0.6 is 15.9 Å². The zero-order valence-electron chi connectivity index (χ0n) is 7.26. The third-order valence-electron chi connectivity index (χ3n) is 1.56. The minimum atomic E-state index is 0.191. The van der Waals surface area contributed by atoms with Crippen molar-refractivity contribution in [1.82, 2.24) is 0 Å². The first-order chi connectivity index (χ1) is 6.75. The van der Waals surface area contributed by atoms with Crippen LogP contribution in [0.5, 0.6) is 5.75 Å². The first-order valence-electron chi connectivity index (χ1n) is 3.90. The largest absolute Gasteiger partial charge is 0.507 e. The highest BCUT2D eigenvalue weighted by Crippen LogP contribution is 2.26. The lowest BCUT2D eigenvalue weighted by molar-refractivity contribution is 0.473. The number of hydrogen-bond acceptors (Lipinski definition) is 2. The van der Waals surface area contributed by atoms with E-state index in [1.807, 2.05) is 6.07 Å². The minimum Gasteiger partial charge on any atom is -0.507 e. The quantitative estimate of drug-likeness (QED) is 0.500. The molecule has 1 aromatic rings. The monoisotopic (exact) mass is 253 g/mol. The Morgan fingerprint density at radius 1 is 1.57 bits per heavy atom. The molecule has 0 saturated heterocycles. The number of rotatable bonds is 3. The van der Waals surface area contributed by atoms with Crippen LogP contribution in [0.1, 0.15) is 5.56 Å². The van der Waals surface area contributed by atoms with Crippen molar-refractivity contribution in [1.29, 1.82) is 0 Å². The molecule has 0 aliphatic heterocycles. The summed E-state index contributed by atoms with van der Waals surface area (Å²) < 4.78 is 0.801. The van der Waals surface area contributed by atoms with Gasteiger partial charge in [-0.05, 0) is 17.7 Å². The molecule has 1 rings (SSSR count). The summed E-state index contributed by atoms with van der Waals surface area (Å²) in [7, 11) is 0. The van der Waals surface area contributed by atoms with Crippen molar-refractivity contribution < 1.29 is 5.11 Å². The highest BCUT2D eigenvalue weighted by Gasteiger charge is 2.00. The number of phenolic OH excluding ortho intramolecular Hbond substituents is 1. The van der Waals surface area contributed by atoms with Crippen LogP contribution in [0.4, 0.5) is 0 Å². The summed E-state index contributed by atoms with van der Waals surface area (Å²) in [5.74, 6) is 0.191. The number of halogens is 1. The van der Waals surface area contributed by atoms with Gasteiger partial charge in [-0.25, -0.2) is 0 Å². The molecule has 0 bridgehead atoms. The molecule has 0 fully saturated rings. The van der Waals surface area contributed by atoms with Gasteiger partial charge in [0, 0.05) is 21.5 Å². The molecule has 0 atom stereocenters. The standard InChI is InChI=1S/C9H8BrN3O/c10-8-4-1-5-9(14)7(8)3-2-6-12-13-11/h1-5,14H,6H2. The maximum Gasteiger partial charge on any atom is 0.123 e. The van der Waals surface area contributed by atoms with Gasteiger partial charge < -0.3 is 5.11 Å². The van der Waals surface area contributed by atoms with Crippen molar-refractivity contribution in [3.63, 3.8) is 0 Å². The summed E-state index contributed by atoms with van der Waals surface area (Å²) in [5, 5.41) is 12.8. The van der Waals surface area contributed by atoms with Gasteiger partial charge >= 0.3 is 0 Å². The van der Waals surface area contributed by atoms with Gasteiger partial charge in [0.05, 0.1) is 0 Å². The van der Waals surface area contributed by atoms with E-state index in [9.17, 15) is 5.11 Å². The fourth-order valence-corrected chi connectivity index (χ4v) is 1.43. The third kappa shape index (κ3) is 2.80. The van der Waals surface area contributed by atoms with Gasteiger partial charge in [0.1, 0.15) is 5.75 Å². The minimum absolute atomic E-state index is 0.191. The lowest BCUT2D eigenvalue weighted by atomic mass is 10.2. The number of benzene rings is 1. The van der Waals surface area contributed by atoms with Gasteiger partial charge in [-0.3, -0.25) is 0 Å². The molecule has 5 heteroatoms. The van der Waals surface area contributed by atoms with Gasteiger partial charge in [0.25, 0.3) is 0 Å². The predicted molar refractivity (Wildman–Crippen MR) is 58.9 cm³/mol. The van der Waals surface area contributed by atoms with Crippen LogP contribution < -0.4 is 0 Å². The number of nitrogens with zero attached hydrogens (tertiary/aromatic N) is 3. The fraction of sp³-hybridized carbons (Fsp3) is 0.111. The number of phenols is 1. The summed E-state index contributed by atoms with van der Waals surface area (Å²) in [5.41, 5.74) is 8.72. The summed E-state index contributed by atoms with van der Waals surface area (Å²) in [4.78, 5) is 2.61. The van der Waals surface area contributed by atoms with Crippen LogP contribution in [0, 0.1) is 0 Å². The summed E-state index contributed by atoms with van der Waals surface area (Å²) >= 11 is 3.30. The zero-order valence-corrected chi connectivity index (χ0v) is 8.85. The Morgan fingerprint density at radius 3 is 3.00 bits per heavy atom. The maximum absolute atomic E-state index is 9.46. The lowest BCUT2D eigenvalue weighted by Crippen LogP contribution is -1.77. The smallest absolute Gasteiger partial charge is 0.123 e. The molecule has 0 amide bonds. The van der Waals surface area contributed by atoms with Gasteiger partial charge in [0.2, 0.25) is 0 Å². The summed E-state index contributed by atoms with van der Waals surface area (Å²) in [6.45, 7) is 0.275. The molecule has 0 aliphatic rings. The third-order valence-corrected chi connectivity index (χ3v) is 2.26. The van der Waals surface area contributed by atoms with Gasteiger partial charge in [-0.1, -0.05) is 39.3 Å². The molecule has 0 radical (unpaired) electrons. The van der Waals surface area contributed by atoms with E-state index in [4.69, 9.17) is 5.53 Å². The molecular formula is C9H8BrN3O. The molecule has 1 N–H and O–H groups in total. The van der Waals surface area contributed by atoms with Crippen molar-refractivity contribution in [2.24, 2.45) is 5.11 Å². The molecule has 72 valence electrons. The van der Waals surface area contributed by atoms with Crippen molar-refractivity contribution in [3.05, 3.63) is 44.8 Å². The van der Waals surface area contributed by atoms with E-state index in [1.54, 1.807) is 24.3 Å². The Morgan fingerprint density at radius 2 is 2.36 bits per heavy atom. The van der Waals surface area contributed by atoms with E-state index in [2.05, 4.69) is 26.0 Å². The SMILES string of the molecule is [N-]=[N+]=NCC=Cc1c(O)cccc1Br. The van der Waals surface area contributed by atoms with Crippen LogP contribution in [0.25, 0.3) is 16.5 Å². The molecular weight excluding hydrogens is 246 g/mol. The van der Waals surface area contributed by atoms with Crippen LogP contribution in [-0.4, -0.2) is 11.7 Å². The Hall–Kier alpha value is -1.45. The van der Waals surface area contributed by atoms with Crippen LogP contribution in [0.2, 0.25) is 0 Å². The molecule has 0 saturated carbocycles. The highest BCUT2D eigenvalue weighted by molar-refractivity contribution is 9.10. The van der Waals surface area contributed by atoms with Crippen molar-refractivity contribution in [2.75, 3.05) is 6.54 Å². The Kier molecular flexibility index (Phi) is 4.04. The number of azide groups is 1. The van der Waals surface area contributed by atoms with Crippen molar-refractivity contribution in [3.8, 4) is 5.75 Å². The van der Waals surface area contributed by atoms with Crippen LogP contribution in [0.3, 0.4) is 0 Å². The van der Waals surface area contributed by atoms with E-state index in [1.165, 1.54) is 0 Å². The molecule has 0 heterocycles. The molecule has 0 aromatic heterocycles. The molecule has 14 heavy (non-hydrogen) atoms. The average Bonchev–Trinajstić information content (AvgIpc) is 2.16. The second kappa shape index (κ2) is 5.32. The van der Waals surface area contributed by atoms with Crippen LogP contribution in [-0.2, 0) is 0 Å². The van der Waals surface area contributed by atoms with Gasteiger partial charge in [-0.15, -0.1) is 0 Å². The Labute approximate surface area is 89.6 Å². The Bertz CT molecular complexity index is 377. The second-order valence-corrected chi connectivity index (χ2v) is 3.34. The van der Waals surface area contributed by atoms with E-state index in [0.29, 0.717) is 5.56 Å². The molecule has 0 spiro atoms. The summed E-state index contributed by atoms with van der Waals surface area (Å²) in [6, 6.07) is 5.16. The summed E-state index contributed by atoms with van der Waals surface area (Å²) in [6.07, 6.45) is 3.38. The first kappa shape index (κ1) is 10.6. The van der Waals surface area contributed by atoms with Crippen molar-refractivity contribution >= 4 is 22.0 Å².